The first-order chi connectivity index (χ1) is 8.78. The Kier molecular flexibility index (Phi) is 3.39. The smallest absolute Gasteiger partial charge is 0.113 e. The second kappa shape index (κ2) is 5.02. The third-order valence-corrected chi connectivity index (χ3v) is 4.48. The van der Waals surface area contributed by atoms with Crippen molar-refractivity contribution in [3.63, 3.8) is 0 Å². The van der Waals surface area contributed by atoms with Crippen molar-refractivity contribution >= 4 is 0 Å². The minimum Gasteiger partial charge on any atom is -0.332 e. The van der Waals surface area contributed by atoms with Crippen molar-refractivity contribution in [2.45, 2.75) is 51.1 Å². The Balaban J connectivity index is 1.80. The maximum Gasteiger partial charge on any atom is 0.113 e. The number of likely N-dealkylation sites (N-methyl/N-ethyl adjacent to an activating group) is 1. The number of nitrogens with two attached hydrogens (primary N) is 1. The van der Waals surface area contributed by atoms with Crippen LogP contribution < -0.4 is 5.73 Å². The van der Waals surface area contributed by atoms with Gasteiger partial charge in [-0.1, -0.05) is 6.92 Å². The van der Waals surface area contributed by atoms with E-state index in [-0.39, 0.29) is 0 Å². The van der Waals surface area contributed by atoms with Crippen LogP contribution in [0.1, 0.15) is 43.6 Å². The summed E-state index contributed by atoms with van der Waals surface area (Å²) >= 11 is 0. The fourth-order valence-electron chi connectivity index (χ4n) is 3.39. The number of nitrogens with zero attached hydrogens (tertiary/aromatic N) is 3. The zero-order valence-corrected chi connectivity index (χ0v) is 11.3. The number of hydrogen-bond donors (Lipinski definition) is 1. The van der Waals surface area contributed by atoms with E-state index in [1.165, 1.54) is 37.4 Å². The molecule has 2 aliphatic rings. The minimum atomic E-state index is 0.334. The molecule has 2 N–H and O–H groups in total. The summed E-state index contributed by atoms with van der Waals surface area (Å²) in [4.78, 5) is 7.25. The van der Waals surface area contributed by atoms with E-state index in [0.29, 0.717) is 12.0 Å². The van der Waals surface area contributed by atoms with E-state index in [1.807, 2.05) is 0 Å². The monoisotopic (exact) mass is 248 g/mol. The molecule has 0 amide bonds. The van der Waals surface area contributed by atoms with Gasteiger partial charge < -0.3 is 15.2 Å². The normalized spacial score (nSPS) is 29.2. The standard InChI is InChI=1S/C14H24N4/c1-2-17-6-3-4-11(10-17)14-16-9-13-8-12(15)5-7-18(13)14/h9,11-12H,2-8,10,15H2,1H3. The van der Waals surface area contributed by atoms with E-state index in [9.17, 15) is 0 Å². The van der Waals surface area contributed by atoms with Gasteiger partial charge in [0.1, 0.15) is 5.82 Å². The van der Waals surface area contributed by atoms with E-state index in [1.54, 1.807) is 0 Å². The third-order valence-electron chi connectivity index (χ3n) is 4.48. The molecule has 3 heterocycles. The summed E-state index contributed by atoms with van der Waals surface area (Å²) in [5.41, 5.74) is 7.38. The van der Waals surface area contributed by atoms with Crippen molar-refractivity contribution in [1.29, 1.82) is 0 Å². The predicted molar refractivity (Wildman–Crippen MR) is 72.6 cm³/mol. The molecule has 18 heavy (non-hydrogen) atoms. The number of fused-ring (bicyclic) bond motifs is 1. The summed E-state index contributed by atoms with van der Waals surface area (Å²) in [6.45, 7) is 6.91. The Morgan fingerprint density at radius 3 is 3.11 bits per heavy atom. The van der Waals surface area contributed by atoms with Gasteiger partial charge >= 0.3 is 0 Å². The number of piperidine rings is 1. The van der Waals surface area contributed by atoms with Gasteiger partial charge in [-0.25, -0.2) is 4.98 Å². The molecule has 1 fully saturated rings. The molecular formula is C14H24N4. The van der Waals surface area contributed by atoms with Gasteiger partial charge in [0.2, 0.25) is 0 Å². The summed E-state index contributed by atoms with van der Waals surface area (Å²) in [5, 5.41) is 0. The Bertz CT molecular complexity index is 412. The minimum absolute atomic E-state index is 0.334. The number of imidazole rings is 1. The SMILES string of the molecule is CCN1CCCC(c2ncc3n2CCC(N)C3)C1. The lowest BCUT2D eigenvalue weighted by molar-refractivity contribution is 0.210. The van der Waals surface area contributed by atoms with Crippen molar-refractivity contribution in [2.24, 2.45) is 5.73 Å². The maximum atomic E-state index is 6.03. The van der Waals surface area contributed by atoms with Gasteiger partial charge in [-0.3, -0.25) is 0 Å². The van der Waals surface area contributed by atoms with Crippen LogP contribution in [-0.4, -0.2) is 40.1 Å². The van der Waals surface area contributed by atoms with Gasteiger partial charge in [-0.15, -0.1) is 0 Å². The van der Waals surface area contributed by atoms with Gasteiger partial charge in [-0.05, 0) is 32.4 Å². The zero-order valence-electron chi connectivity index (χ0n) is 11.3. The van der Waals surface area contributed by atoms with Crippen LogP contribution in [0.2, 0.25) is 0 Å². The highest BCUT2D eigenvalue weighted by atomic mass is 15.2. The highest BCUT2D eigenvalue weighted by Crippen LogP contribution is 2.28. The summed E-state index contributed by atoms with van der Waals surface area (Å²) in [7, 11) is 0. The lowest BCUT2D eigenvalue weighted by Crippen LogP contribution is -2.36. The summed E-state index contributed by atoms with van der Waals surface area (Å²) in [6.07, 6.45) is 6.75. The molecule has 1 aromatic heterocycles. The average Bonchev–Trinajstić information content (AvgIpc) is 2.81. The molecule has 4 nitrogen and oxygen atoms in total. The van der Waals surface area contributed by atoms with Gasteiger partial charge in [0.15, 0.2) is 0 Å². The Labute approximate surface area is 109 Å². The largest absolute Gasteiger partial charge is 0.332 e. The number of likely N-dealkylation sites (tertiary alicyclic amines) is 1. The lowest BCUT2D eigenvalue weighted by Gasteiger charge is -2.32. The molecule has 1 aromatic rings. The summed E-state index contributed by atoms with van der Waals surface area (Å²) < 4.78 is 2.44. The van der Waals surface area contributed by atoms with Gasteiger partial charge in [-0.2, -0.15) is 0 Å². The maximum absolute atomic E-state index is 6.03. The zero-order chi connectivity index (χ0) is 12.5. The van der Waals surface area contributed by atoms with Crippen LogP contribution in [-0.2, 0) is 13.0 Å². The highest BCUT2D eigenvalue weighted by molar-refractivity contribution is 5.14. The first-order valence-electron chi connectivity index (χ1n) is 7.30. The van der Waals surface area contributed by atoms with E-state index < -0.39 is 0 Å². The molecule has 3 rings (SSSR count). The Morgan fingerprint density at radius 1 is 1.39 bits per heavy atom. The quantitative estimate of drug-likeness (QED) is 0.859. The molecule has 4 heteroatoms. The van der Waals surface area contributed by atoms with Crippen LogP contribution in [0.25, 0.3) is 0 Å². The molecule has 0 saturated carbocycles. The molecule has 1 saturated heterocycles. The van der Waals surface area contributed by atoms with E-state index >= 15 is 0 Å². The number of aromatic nitrogens is 2. The van der Waals surface area contributed by atoms with E-state index in [2.05, 4.69) is 22.6 Å². The second-order valence-electron chi connectivity index (χ2n) is 5.74. The molecule has 2 aliphatic heterocycles. The molecule has 100 valence electrons. The van der Waals surface area contributed by atoms with E-state index in [4.69, 9.17) is 10.7 Å². The van der Waals surface area contributed by atoms with E-state index in [0.717, 1.165) is 25.9 Å². The molecule has 2 atom stereocenters. The number of hydrogen-bond acceptors (Lipinski definition) is 3. The highest BCUT2D eigenvalue weighted by Gasteiger charge is 2.27. The second-order valence-corrected chi connectivity index (χ2v) is 5.74. The van der Waals surface area contributed by atoms with Crippen molar-refractivity contribution in [2.75, 3.05) is 19.6 Å². The van der Waals surface area contributed by atoms with Crippen LogP contribution in [0, 0.1) is 0 Å². The van der Waals surface area contributed by atoms with Crippen molar-refractivity contribution in [3.8, 4) is 0 Å². The molecule has 0 aromatic carbocycles. The molecule has 0 radical (unpaired) electrons. The average molecular weight is 248 g/mol. The first kappa shape index (κ1) is 12.2. The van der Waals surface area contributed by atoms with Crippen molar-refractivity contribution in [3.05, 3.63) is 17.7 Å². The lowest BCUT2D eigenvalue weighted by atomic mass is 9.96. The Hall–Kier alpha value is -0.870. The van der Waals surface area contributed by atoms with Gasteiger partial charge in [0, 0.05) is 43.4 Å². The molecular weight excluding hydrogens is 224 g/mol. The fourth-order valence-corrected chi connectivity index (χ4v) is 3.39. The predicted octanol–water partition coefficient (Wildman–Crippen LogP) is 1.36. The van der Waals surface area contributed by atoms with Gasteiger partial charge in [0.05, 0.1) is 0 Å². The van der Waals surface area contributed by atoms with Crippen LogP contribution in [0.5, 0.6) is 0 Å². The van der Waals surface area contributed by atoms with Crippen molar-refractivity contribution in [1.82, 2.24) is 14.5 Å². The van der Waals surface area contributed by atoms with Crippen LogP contribution >= 0.6 is 0 Å². The first-order valence-corrected chi connectivity index (χ1v) is 7.30. The summed E-state index contributed by atoms with van der Waals surface area (Å²) in [6, 6.07) is 0.334. The molecule has 0 spiro atoms. The number of rotatable bonds is 2. The molecule has 0 bridgehead atoms. The third kappa shape index (κ3) is 2.19. The summed E-state index contributed by atoms with van der Waals surface area (Å²) in [5.74, 6) is 1.94. The van der Waals surface area contributed by atoms with Crippen LogP contribution in [0.15, 0.2) is 6.20 Å². The molecule has 0 aliphatic carbocycles. The van der Waals surface area contributed by atoms with Crippen LogP contribution in [0.4, 0.5) is 0 Å². The topological polar surface area (TPSA) is 47.1 Å². The Morgan fingerprint density at radius 2 is 2.28 bits per heavy atom. The molecule has 2 unspecified atom stereocenters. The van der Waals surface area contributed by atoms with Gasteiger partial charge in [0.25, 0.3) is 0 Å². The van der Waals surface area contributed by atoms with Crippen LogP contribution in [0.3, 0.4) is 0 Å². The fraction of sp³-hybridized carbons (Fsp3) is 0.786. The van der Waals surface area contributed by atoms with Crippen molar-refractivity contribution < 1.29 is 0 Å².